The van der Waals surface area contributed by atoms with Crippen LogP contribution in [0.1, 0.15) is 54.0 Å². The second-order valence-electron chi connectivity index (χ2n) is 6.72. The van der Waals surface area contributed by atoms with E-state index in [0.29, 0.717) is 11.1 Å². The van der Waals surface area contributed by atoms with E-state index < -0.39 is 0 Å². The van der Waals surface area contributed by atoms with Gasteiger partial charge >= 0.3 is 0 Å². The fraction of sp³-hybridized carbons (Fsp3) is 0.381. The van der Waals surface area contributed by atoms with Crippen molar-refractivity contribution in [3.05, 3.63) is 53.3 Å². The Balaban J connectivity index is 2.17. The van der Waals surface area contributed by atoms with Crippen LogP contribution < -0.4 is 15.5 Å². The first-order valence-electron chi connectivity index (χ1n) is 9.28. The number of nitrogens with one attached hydrogen (secondary N) is 2. The van der Waals surface area contributed by atoms with E-state index in [1.54, 1.807) is 6.07 Å². The van der Waals surface area contributed by atoms with Crippen LogP contribution in [0.3, 0.4) is 0 Å². The Morgan fingerprint density at radius 2 is 1.67 bits per heavy atom. The van der Waals surface area contributed by atoms with Gasteiger partial charge in [0.1, 0.15) is 0 Å². The molecule has 2 rings (SSSR count). The van der Waals surface area contributed by atoms with Gasteiger partial charge in [0.05, 0.1) is 11.1 Å². The molecular weight excluding hydrogens is 340 g/mol. The molecule has 0 aliphatic carbocycles. The lowest BCUT2D eigenvalue weighted by Crippen LogP contribution is -2.30. The van der Waals surface area contributed by atoms with Crippen molar-refractivity contribution in [2.75, 3.05) is 23.3 Å². The van der Waals surface area contributed by atoms with Crippen molar-refractivity contribution in [1.29, 1.82) is 0 Å². The number of pyridine rings is 1. The minimum atomic E-state index is -0.291. The van der Waals surface area contributed by atoms with Crippen molar-refractivity contribution in [2.24, 2.45) is 0 Å². The third kappa shape index (κ3) is 5.29. The zero-order valence-corrected chi connectivity index (χ0v) is 16.7. The number of aromatic nitrogens is 1. The third-order valence-electron chi connectivity index (χ3n) is 4.27. The molecule has 2 aromatic rings. The second kappa shape index (κ2) is 9.16. The zero-order valence-electron chi connectivity index (χ0n) is 16.7. The molecule has 0 saturated carbocycles. The highest BCUT2D eigenvalue weighted by Crippen LogP contribution is 2.23. The van der Waals surface area contributed by atoms with Crippen molar-refractivity contribution in [2.45, 2.75) is 40.7 Å². The minimum absolute atomic E-state index is 0.0157. The number of hydrogen-bond acceptors (Lipinski definition) is 4. The number of carbonyl (C=O) groups is 2. The van der Waals surface area contributed by atoms with Crippen LogP contribution in [0.25, 0.3) is 0 Å². The Kier molecular flexibility index (Phi) is 6.93. The van der Waals surface area contributed by atoms with E-state index in [-0.39, 0.29) is 17.9 Å². The molecule has 2 N–H and O–H groups in total. The van der Waals surface area contributed by atoms with Gasteiger partial charge in [-0.1, -0.05) is 0 Å². The molecule has 1 aromatic carbocycles. The van der Waals surface area contributed by atoms with E-state index in [9.17, 15) is 9.59 Å². The van der Waals surface area contributed by atoms with Gasteiger partial charge in [-0.3, -0.25) is 14.6 Å². The maximum Gasteiger partial charge on any atom is 0.257 e. The highest BCUT2D eigenvalue weighted by atomic mass is 16.2. The van der Waals surface area contributed by atoms with E-state index in [4.69, 9.17) is 0 Å². The first-order valence-corrected chi connectivity index (χ1v) is 9.28. The van der Waals surface area contributed by atoms with Crippen molar-refractivity contribution in [3.8, 4) is 0 Å². The van der Waals surface area contributed by atoms with Gasteiger partial charge in [0, 0.05) is 42.9 Å². The van der Waals surface area contributed by atoms with Crippen molar-refractivity contribution in [1.82, 2.24) is 10.3 Å². The molecule has 0 fully saturated rings. The molecule has 0 aliphatic heterocycles. The molecule has 0 aliphatic rings. The number of hydrogen-bond donors (Lipinski definition) is 2. The number of aryl methyl sites for hydroxylation is 1. The summed E-state index contributed by atoms with van der Waals surface area (Å²) in [6.45, 7) is 11.8. The Hall–Kier alpha value is -2.89. The van der Waals surface area contributed by atoms with Crippen LogP contribution in [0, 0.1) is 6.92 Å². The SMILES string of the molecule is CCN(CC)c1ccc(NC(=O)c2cncc(C(=O)NC(C)C)c2)c(C)c1. The second-order valence-corrected chi connectivity index (χ2v) is 6.72. The van der Waals surface area contributed by atoms with Gasteiger partial charge in [-0.15, -0.1) is 0 Å². The van der Waals surface area contributed by atoms with Gasteiger partial charge in [0.25, 0.3) is 11.8 Å². The summed E-state index contributed by atoms with van der Waals surface area (Å²) in [6, 6.07) is 7.54. The maximum absolute atomic E-state index is 12.6. The lowest BCUT2D eigenvalue weighted by atomic mass is 10.1. The number of benzene rings is 1. The monoisotopic (exact) mass is 368 g/mol. The Bertz CT molecular complexity index is 814. The minimum Gasteiger partial charge on any atom is -0.372 e. The number of anilines is 2. The molecule has 2 amide bonds. The number of rotatable bonds is 7. The van der Waals surface area contributed by atoms with Gasteiger partial charge in [-0.25, -0.2) is 0 Å². The lowest BCUT2D eigenvalue weighted by Gasteiger charge is -2.22. The van der Waals surface area contributed by atoms with Gasteiger partial charge in [-0.2, -0.15) is 0 Å². The summed E-state index contributed by atoms with van der Waals surface area (Å²) in [4.78, 5) is 31.0. The fourth-order valence-corrected chi connectivity index (χ4v) is 2.80. The smallest absolute Gasteiger partial charge is 0.257 e. The molecule has 1 aromatic heterocycles. The first-order chi connectivity index (χ1) is 12.8. The molecule has 0 radical (unpaired) electrons. The lowest BCUT2D eigenvalue weighted by molar-refractivity contribution is 0.0942. The molecule has 144 valence electrons. The predicted molar refractivity (Wildman–Crippen MR) is 110 cm³/mol. The first kappa shape index (κ1) is 20.4. The number of carbonyl (C=O) groups excluding carboxylic acids is 2. The highest BCUT2D eigenvalue weighted by molar-refractivity contribution is 6.06. The van der Waals surface area contributed by atoms with Crippen LogP contribution in [0.5, 0.6) is 0 Å². The Morgan fingerprint density at radius 1 is 1.04 bits per heavy atom. The largest absolute Gasteiger partial charge is 0.372 e. The molecule has 1 heterocycles. The van der Waals surface area contributed by atoms with Gasteiger partial charge in [-0.05, 0) is 64.4 Å². The summed E-state index contributed by atoms with van der Waals surface area (Å²) in [6.07, 6.45) is 2.92. The van der Waals surface area contributed by atoms with E-state index in [0.717, 1.165) is 30.0 Å². The molecule has 27 heavy (non-hydrogen) atoms. The maximum atomic E-state index is 12.6. The molecular formula is C21H28N4O2. The number of nitrogens with zero attached hydrogens (tertiary/aromatic N) is 2. The van der Waals surface area contributed by atoms with Crippen LogP contribution >= 0.6 is 0 Å². The van der Waals surface area contributed by atoms with Crippen LogP contribution in [0.4, 0.5) is 11.4 Å². The van der Waals surface area contributed by atoms with Gasteiger partial charge in [0.15, 0.2) is 0 Å². The van der Waals surface area contributed by atoms with Gasteiger partial charge < -0.3 is 15.5 Å². The molecule has 0 atom stereocenters. The molecule has 0 unspecified atom stereocenters. The van der Waals surface area contributed by atoms with E-state index >= 15 is 0 Å². The summed E-state index contributed by atoms with van der Waals surface area (Å²) < 4.78 is 0. The zero-order chi connectivity index (χ0) is 20.0. The van der Waals surface area contributed by atoms with E-state index in [1.807, 2.05) is 32.9 Å². The summed E-state index contributed by atoms with van der Waals surface area (Å²) in [7, 11) is 0. The number of amides is 2. The summed E-state index contributed by atoms with van der Waals surface area (Å²) in [5, 5.41) is 5.70. The van der Waals surface area contributed by atoms with Crippen LogP contribution in [-0.2, 0) is 0 Å². The normalized spacial score (nSPS) is 10.6. The van der Waals surface area contributed by atoms with E-state index in [1.165, 1.54) is 12.4 Å². The van der Waals surface area contributed by atoms with Crippen LogP contribution in [0.2, 0.25) is 0 Å². The van der Waals surface area contributed by atoms with E-state index in [2.05, 4.69) is 40.4 Å². The molecule has 6 heteroatoms. The van der Waals surface area contributed by atoms with Crippen molar-refractivity contribution in [3.63, 3.8) is 0 Å². The van der Waals surface area contributed by atoms with Crippen LogP contribution in [-0.4, -0.2) is 35.9 Å². The summed E-state index contributed by atoms with van der Waals surface area (Å²) in [5.41, 5.74) is 3.57. The standard InChI is InChI=1S/C21H28N4O2/c1-6-25(7-2)18-8-9-19(15(5)10-18)24-21(27)17-11-16(12-22-13-17)20(26)23-14(3)4/h8-14H,6-7H2,1-5H3,(H,23,26)(H,24,27). The predicted octanol–water partition coefficient (Wildman–Crippen LogP) is 3.63. The van der Waals surface area contributed by atoms with Crippen molar-refractivity contribution < 1.29 is 9.59 Å². The van der Waals surface area contributed by atoms with Gasteiger partial charge in [0.2, 0.25) is 0 Å². The Labute approximate surface area is 161 Å². The average Bonchev–Trinajstić information content (AvgIpc) is 2.64. The summed E-state index contributed by atoms with van der Waals surface area (Å²) in [5.74, 6) is -0.535. The Morgan fingerprint density at radius 3 is 2.22 bits per heavy atom. The van der Waals surface area contributed by atoms with Crippen molar-refractivity contribution >= 4 is 23.2 Å². The molecule has 0 bridgehead atoms. The van der Waals surface area contributed by atoms with Crippen LogP contribution in [0.15, 0.2) is 36.7 Å². The fourth-order valence-electron chi connectivity index (χ4n) is 2.80. The molecule has 0 spiro atoms. The summed E-state index contributed by atoms with van der Waals surface area (Å²) >= 11 is 0. The third-order valence-corrected chi connectivity index (χ3v) is 4.27. The topological polar surface area (TPSA) is 74.3 Å². The quantitative estimate of drug-likeness (QED) is 0.783. The average molecular weight is 368 g/mol. The molecule has 0 saturated heterocycles. The molecule has 6 nitrogen and oxygen atoms in total. The highest BCUT2D eigenvalue weighted by Gasteiger charge is 2.13.